The summed E-state index contributed by atoms with van der Waals surface area (Å²) in [7, 11) is 1.77. The lowest BCUT2D eigenvalue weighted by Crippen LogP contribution is -2.25. The van der Waals surface area contributed by atoms with E-state index in [-0.39, 0.29) is 11.8 Å². The van der Waals surface area contributed by atoms with E-state index in [9.17, 15) is 9.59 Å². The third-order valence-electron chi connectivity index (χ3n) is 4.59. The average Bonchev–Trinajstić information content (AvgIpc) is 3.42. The van der Waals surface area contributed by atoms with Crippen molar-refractivity contribution in [1.29, 1.82) is 0 Å². The fraction of sp³-hybridized carbons (Fsp3) is 0.227. The number of nitrogens with zero attached hydrogens (tertiary/aromatic N) is 2. The molecule has 0 radical (unpaired) electrons. The van der Waals surface area contributed by atoms with E-state index in [0.717, 1.165) is 33.6 Å². The molecule has 1 aromatic heterocycles. The van der Waals surface area contributed by atoms with Gasteiger partial charge in [0.1, 0.15) is 5.01 Å². The Hall–Kier alpha value is -2.99. The average molecular weight is 391 g/mol. The molecule has 28 heavy (non-hydrogen) atoms. The predicted octanol–water partition coefficient (Wildman–Crippen LogP) is 3.86. The van der Waals surface area contributed by atoms with E-state index in [1.807, 2.05) is 36.4 Å². The molecule has 1 fully saturated rings. The van der Waals surface area contributed by atoms with Gasteiger partial charge in [-0.25, -0.2) is 4.98 Å². The number of hydrogen-bond donors (Lipinski definition) is 1. The van der Waals surface area contributed by atoms with Gasteiger partial charge < -0.3 is 10.2 Å². The molecule has 0 atom stereocenters. The second kappa shape index (κ2) is 7.94. The zero-order valence-electron chi connectivity index (χ0n) is 15.6. The molecule has 0 unspecified atom stereocenters. The van der Waals surface area contributed by atoms with Crippen LogP contribution in [0.3, 0.4) is 0 Å². The number of likely N-dealkylation sites (N-methyl/N-ethyl adjacent to an activating group) is 1. The normalized spacial score (nSPS) is 13.8. The quantitative estimate of drug-likeness (QED) is 0.649. The van der Waals surface area contributed by atoms with Gasteiger partial charge in [0.25, 0.3) is 5.91 Å². The van der Waals surface area contributed by atoms with Crippen molar-refractivity contribution in [3.8, 4) is 0 Å². The highest BCUT2D eigenvalue weighted by molar-refractivity contribution is 7.18. The van der Waals surface area contributed by atoms with Crippen LogP contribution < -0.4 is 5.32 Å². The van der Waals surface area contributed by atoms with Crippen LogP contribution in [0, 0.1) is 0 Å². The van der Waals surface area contributed by atoms with E-state index < -0.39 is 0 Å². The largest absolute Gasteiger partial charge is 0.349 e. The van der Waals surface area contributed by atoms with Gasteiger partial charge in [-0.1, -0.05) is 24.3 Å². The Morgan fingerprint density at radius 1 is 1.18 bits per heavy atom. The van der Waals surface area contributed by atoms with Crippen molar-refractivity contribution < 1.29 is 9.59 Å². The van der Waals surface area contributed by atoms with Crippen LogP contribution >= 0.6 is 11.3 Å². The molecule has 0 aliphatic heterocycles. The van der Waals surface area contributed by atoms with Crippen molar-refractivity contribution in [3.05, 3.63) is 70.7 Å². The van der Waals surface area contributed by atoms with Crippen LogP contribution in [0.2, 0.25) is 0 Å². The van der Waals surface area contributed by atoms with Crippen LogP contribution in [0.5, 0.6) is 0 Å². The van der Waals surface area contributed by atoms with Crippen LogP contribution in [-0.2, 0) is 11.3 Å². The third kappa shape index (κ3) is 4.46. The number of carbonyl (C=O) groups excluding carboxylic acids is 2. The van der Waals surface area contributed by atoms with E-state index in [1.54, 1.807) is 47.6 Å². The Balaban J connectivity index is 1.35. The molecule has 2 amide bonds. The van der Waals surface area contributed by atoms with Crippen LogP contribution in [-0.4, -0.2) is 34.8 Å². The lowest BCUT2D eigenvalue weighted by atomic mass is 10.1. The van der Waals surface area contributed by atoms with Crippen LogP contribution in [0.4, 0.5) is 0 Å². The summed E-state index contributed by atoms with van der Waals surface area (Å²) in [5.41, 5.74) is 2.48. The second-order valence-electron chi connectivity index (χ2n) is 6.97. The lowest BCUT2D eigenvalue weighted by molar-refractivity contribution is -0.125. The van der Waals surface area contributed by atoms with Crippen molar-refractivity contribution in [2.24, 2.45) is 0 Å². The highest BCUT2D eigenvalue weighted by Crippen LogP contribution is 2.22. The summed E-state index contributed by atoms with van der Waals surface area (Å²) in [6.07, 6.45) is 5.45. The zero-order chi connectivity index (χ0) is 19.5. The Kier molecular flexibility index (Phi) is 5.21. The van der Waals surface area contributed by atoms with Crippen LogP contribution in [0.25, 0.3) is 16.3 Å². The molecule has 6 heteroatoms. The number of nitrogens with one attached hydrogen (secondary N) is 1. The Morgan fingerprint density at radius 3 is 2.64 bits per heavy atom. The number of benzene rings is 2. The van der Waals surface area contributed by atoms with Gasteiger partial charge in [-0.15, -0.1) is 11.3 Å². The van der Waals surface area contributed by atoms with Gasteiger partial charge in [-0.3, -0.25) is 9.59 Å². The summed E-state index contributed by atoms with van der Waals surface area (Å²) in [4.78, 5) is 30.6. The highest BCUT2D eigenvalue weighted by atomic mass is 32.1. The number of thiazole rings is 1. The van der Waals surface area contributed by atoms with Gasteiger partial charge in [-0.2, -0.15) is 0 Å². The number of amides is 2. The minimum atomic E-state index is -0.0881. The van der Waals surface area contributed by atoms with Crippen molar-refractivity contribution in [2.75, 3.05) is 7.05 Å². The molecule has 1 aliphatic carbocycles. The molecule has 1 N–H and O–H groups in total. The molecule has 0 bridgehead atoms. The predicted molar refractivity (Wildman–Crippen MR) is 112 cm³/mol. The smallest absolute Gasteiger partial charge is 0.251 e. The van der Waals surface area contributed by atoms with Gasteiger partial charge in [0.15, 0.2) is 0 Å². The number of carbonyl (C=O) groups is 2. The minimum Gasteiger partial charge on any atom is -0.349 e. The maximum Gasteiger partial charge on any atom is 0.251 e. The summed E-state index contributed by atoms with van der Waals surface area (Å²) >= 11 is 1.60. The first-order valence-corrected chi connectivity index (χ1v) is 10.1. The van der Waals surface area contributed by atoms with E-state index in [2.05, 4.69) is 10.3 Å². The van der Waals surface area contributed by atoms with Crippen LogP contribution in [0.1, 0.15) is 33.8 Å². The lowest BCUT2D eigenvalue weighted by Gasteiger charge is -2.12. The Morgan fingerprint density at radius 2 is 1.93 bits per heavy atom. The van der Waals surface area contributed by atoms with Gasteiger partial charge in [0.2, 0.25) is 5.91 Å². The third-order valence-corrected chi connectivity index (χ3v) is 5.61. The van der Waals surface area contributed by atoms with Crippen molar-refractivity contribution in [3.63, 3.8) is 0 Å². The van der Waals surface area contributed by atoms with Gasteiger partial charge in [0.05, 0.1) is 16.8 Å². The van der Waals surface area contributed by atoms with Gasteiger partial charge in [0, 0.05) is 24.7 Å². The summed E-state index contributed by atoms with van der Waals surface area (Å²) in [6.45, 7) is 0.475. The number of hydrogen-bond acceptors (Lipinski definition) is 4. The van der Waals surface area contributed by atoms with Crippen LogP contribution in [0.15, 0.2) is 54.6 Å². The fourth-order valence-electron chi connectivity index (χ4n) is 2.81. The number of aromatic nitrogens is 1. The summed E-state index contributed by atoms with van der Waals surface area (Å²) < 4.78 is 1.12. The first kappa shape index (κ1) is 18.4. The van der Waals surface area contributed by atoms with Crippen molar-refractivity contribution in [1.82, 2.24) is 15.2 Å². The summed E-state index contributed by atoms with van der Waals surface area (Å²) in [5, 5.41) is 3.88. The molecule has 1 aliphatic rings. The van der Waals surface area contributed by atoms with Crippen molar-refractivity contribution in [2.45, 2.75) is 25.4 Å². The molecule has 1 heterocycles. The first-order chi connectivity index (χ1) is 13.6. The Labute approximate surface area is 167 Å². The summed E-state index contributed by atoms with van der Waals surface area (Å²) in [6, 6.07) is 15.6. The maximum atomic E-state index is 12.4. The molecule has 0 spiro atoms. The van der Waals surface area contributed by atoms with Gasteiger partial charge in [-0.05, 0) is 48.7 Å². The molecule has 3 aromatic rings. The van der Waals surface area contributed by atoms with E-state index >= 15 is 0 Å². The van der Waals surface area contributed by atoms with E-state index in [0.29, 0.717) is 18.2 Å². The van der Waals surface area contributed by atoms with Gasteiger partial charge >= 0.3 is 0 Å². The molecule has 142 valence electrons. The zero-order valence-corrected chi connectivity index (χ0v) is 16.4. The standard InChI is InChI=1S/C22H21N3O2S/c1-25(14-20-24-18-4-2-3-5-19(18)28-20)21(26)13-8-15-6-9-16(10-7-15)22(27)23-17-11-12-17/h2-10,13,17H,11-12,14H2,1H3,(H,23,27)/b13-8+. The summed E-state index contributed by atoms with van der Waals surface area (Å²) in [5.74, 6) is -0.125. The number of para-hydroxylation sites is 1. The fourth-order valence-corrected chi connectivity index (χ4v) is 3.83. The van der Waals surface area contributed by atoms with E-state index in [4.69, 9.17) is 0 Å². The molecule has 0 saturated heterocycles. The first-order valence-electron chi connectivity index (χ1n) is 9.27. The molecule has 4 rings (SSSR count). The SMILES string of the molecule is CN(Cc1nc2ccccc2s1)C(=O)/C=C/c1ccc(C(=O)NC2CC2)cc1. The topological polar surface area (TPSA) is 62.3 Å². The number of fused-ring (bicyclic) bond motifs is 1. The van der Waals surface area contributed by atoms with E-state index in [1.165, 1.54) is 0 Å². The highest BCUT2D eigenvalue weighted by Gasteiger charge is 2.23. The maximum absolute atomic E-state index is 12.4. The number of rotatable bonds is 6. The molecule has 1 saturated carbocycles. The monoisotopic (exact) mass is 391 g/mol. The molecular formula is C22H21N3O2S. The molecule has 5 nitrogen and oxygen atoms in total. The van der Waals surface area contributed by atoms with Crippen molar-refractivity contribution >= 4 is 39.4 Å². The minimum absolute atomic E-state index is 0.0373. The molecule has 2 aromatic carbocycles. The second-order valence-corrected chi connectivity index (χ2v) is 8.09. The Bertz CT molecular complexity index is 1000. The molecular weight excluding hydrogens is 370 g/mol.